The van der Waals surface area contributed by atoms with E-state index in [0.717, 1.165) is 37.2 Å². The van der Waals surface area contributed by atoms with Gasteiger partial charge in [0.2, 0.25) is 0 Å². The lowest BCUT2D eigenvalue weighted by Gasteiger charge is -2.34. The minimum Gasteiger partial charge on any atom is -0.371 e. The smallest absolute Gasteiger partial charge is 0.253 e. The number of piperidine rings is 1. The van der Waals surface area contributed by atoms with Gasteiger partial charge in [0.05, 0.1) is 0 Å². The fourth-order valence-corrected chi connectivity index (χ4v) is 3.25. The van der Waals surface area contributed by atoms with Crippen LogP contribution in [0.15, 0.2) is 54.6 Å². The number of halogens is 1. The van der Waals surface area contributed by atoms with Crippen LogP contribution in [0.5, 0.6) is 0 Å². The zero-order valence-electron chi connectivity index (χ0n) is 14.3. The number of nitrogens with zero attached hydrogens (tertiary/aromatic N) is 1. The van der Waals surface area contributed by atoms with Crippen molar-refractivity contribution in [3.63, 3.8) is 0 Å². The third-order valence-corrected chi connectivity index (χ3v) is 4.59. The van der Waals surface area contributed by atoms with Crippen LogP contribution in [0.3, 0.4) is 0 Å². The largest absolute Gasteiger partial charge is 0.371 e. The maximum Gasteiger partial charge on any atom is 0.253 e. The molecule has 5 heteroatoms. The van der Waals surface area contributed by atoms with Crippen LogP contribution in [-0.4, -0.2) is 32.1 Å². The Labute approximate surface area is 147 Å². The van der Waals surface area contributed by atoms with E-state index in [1.165, 1.54) is 6.07 Å². The molecule has 2 aromatic carbocycles. The quantitative estimate of drug-likeness (QED) is 0.906. The maximum absolute atomic E-state index is 13.4. The predicted molar refractivity (Wildman–Crippen MR) is 96.0 cm³/mol. The number of methoxy groups -OCH3 is 1. The van der Waals surface area contributed by atoms with E-state index in [2.05, 4.69) is 10.2 Å². The normalized spacial score (nSPS) is 16.5. The van der Waals surface area contributed by atoms with Crippen LogP contribution >= 0.6 is 0 Å². The number of ether oxygens (including phenoxy) is 1. The first-order valence-electron chi connectivity index (χ1n) is 8.56. The zero-order valence-corrected chi connectivity index (χ0v) is 14.3. The van der Waals surface area contributed by atoms with E-state index < -0.39 is 6.10 Å². The lowest BCUT2D eigenvalue weighted by Crippen LogP contribution is -2.46. The number of carbonyl (C=O) groups excluding carboxylic acids is 1. The molecule has 4 nitrogen and oxygen atoms in total. The van der Waals surface area contributed by atoms with Gasteiger partial charge >= 0.3 is 0 Å². The number of benzene rings is 2. The van der Waals surface area contributed by atoms with Gasteiger partial charge in [-0.3, -0.25) is 4.79 Å². The molecular formula is C20H23FN2O2. The standard InChI is InChI=1S/C20H23FN2O2/c1-25-19(15-6-3-2-4-7-15)20(24)22-17-10-12-23(13-11-17)18-9-5-8-16(21)14-18/h2-9,14,17,19H,10-13H2,1H3,(H,22,24). The lowest BCUT2D eigenvalue weighted by atomic mass is 10.0. The van der Waals surface area contributed by atoms with Crippen molar-refractivity contribution in [3.8, 4) is 0 Å². The summed E-state index contributed by atoms with van der Waals surface area (Å²) in [6, 6.07) is 16.2. The molecule has 25 heavy (non-hydrogen) atoms. The van der Waals surface area contributed by atoms with Gasteiger partial charge < -0.3 is 15.0 Å². The average molecular weight is 342 g/mol. The van der Waals surface area contributed by atoms with Crippen LogP contribution in [0.25, 0.3) is 0 Å². The summed E-state index contributed by atoms with van der Waals surface area (Å²) in [7, 11) is 1.55. The van der Waals surface area contributed by atoms with Crippen molar-refractivity contribution in [2.24, 2.45) is 0 Å². The van der Waals surface area contributed by atoms with E-state index >= 15 is 0 Å². The van der Waals surface area contributed by atoms with E-state index in [1.807, 2.05) is 36.4 Å². The molecule has 0 aromatic heterocycles. The Morgan fingerprint density at radius 1 is 1.16 bits per heavy atom. The van der Waals surface area contributed by atoms with Crippen molar-refractivity contribution in [2.45, 2.75) is 25.0 Å². The minimum absolute atomic E-state index is 0.110. The molecule has 1 aliphatic rings. The van der Waals surface area contributed by atoms with Crippen molar-refractivity contribution < 1.29 is 13.9 Å². The number of nitrogens with one attached hydrogen (secondary N) is 1. The van der Waals surface area contributed by atoms with Crippen molar-refractivity contribution >= 4 is 11.6 Å². The first-order valence-corrected chi connectivity index (χ1v) is 8.56. The minimum atomic E-state index is -0.595. The summed E-state index contributed by atoms with van der Waals surface area (Å²) < 4.78 is 18.7. The highest BCUT2D eigenvalue weighted by atomic mass is 19.1. The summed E-state index contributed by atoms with van der Waals surface area (Å²) in [5, 5.41) is 3.09. The molecule has 132 valence electrons. The van der Waals surface area contributed by atoms with E-state index in [4.69, 9.17) is 4.74 Å². The number of anilines is 1. The van der Waals surface area contributed by atoms with E-state index in [1.54, 1.807) is 19.2 Å². The SMILES string of the molecule is COC(C(=O)NC1CCN(c2cccc(F)c2)CC1)c1ccccc1. The fourth-order valence-electron chi connectivity index (χ4n) is 3.25. The number of hydrogen-bond donors (Lipinski definition) is 1. The molecule has 0 saturated carbocycles. The molecule has 1 aliphatic heterocycles. The van der Waals surface area contributed by atoms with Gasteiger partial charge in [0.25, 0.3) is 5.91 Å². The second-order valence-electron chi connectivity index (χ2n) is 6.28. The molecule has 1 amide bonds. The Morgan fingerprint density at radius 2 is 1.88 bits per heavy atom. The number of carbonyl (C=O) groups is 1. The first kappa shape index (κ1) is 17.4. The van der Waals surface area contributed by atoms with Crippen molar-refractivity contribution in [3.05, 3.63) is 66.0 Å². The summed E-state index contributed by atoms with van der Waals surface area (Å²) in [5.41, 5.74) is 1.74. The Morgan fingerprint density at radius 3 is 2.52 bits per heavy atom. The zero-order chi connectivity index (χ0) is 17.6. The van der Waals surface area contributed by atoms with Gasteiger partial charge in [-0.2, -0.15) is 0 Å². The second-order valence-corrected chi connectivity index (χ2v) is 6.28. The Bertz CT molecular complexity index is 700. The Balaban J connectivity index is 1.55. The summed E-state index contributed by atoms with van der Waals surface area (Å²) in [6.07, 6.45) is 1.06. The number of rotatable bonds is 5. The van der Waals surface area contributed by atoms with Gasteiger partial charge in [-0.25, -0.2) is 4.39 Å². The molecule has 0 spiro atoms. The highest BCUT2D eigenvalue weighted by Crippen LogP contribution is 2.22. The first-order chi connectivity index (χ1) is 12.2. The second kappa shape index (κ2) is 8.12. The molecule has 2 aromatic rings. The van der Waals surface area contributed by atoms with Gasteiger partial charge in [-0.05, 0) is 36.6 Å². The van der Waals surface area contributed by atoms with Gasteiger partial charge in [0.15, 0.2) is 6.10 Å². The van der Waals surface area contributed by atoms with Crippen LogP contribution < -0.4 is 10.2 Å². The highest BCUT2D eigenvalue weighted by molar-refractivity contribution is 5.82. The fraction of sp³-hybridized carbons (Fsp3) is 0.350. The van der Waals surface area contributed by atoms with Crippen LogP contribution in [0.4, 0.5) is 10.1 Å². The predicted octanol–water partition coefficient (Wildman–Crippen LogP) is 3.30. The molecule has 0 radical (unpaired) electrons. The van der Waals surface area contributed by atoms with Gasteiger partial charge in [0.1, 0.15) is 5.82 Å². The van der Waals surface area contributed by atoms with E-state index in [-0.39, 0.29) is 17.8 Å². The monoisotopic (exact) mass is 342 g/mol. The molecule has 1 heterocycles. The number of amides is 1. The Hall–Kier alpha value is -2.40. The van der Waals surface area contributed by atoms with Crippen LogP contribution in [0.2, 0.25) is 0 Å². The lowest BCUT2D eigenvalue weighted by molar-refractivity contribution is -0.132. The number of hydrogen-bond acceptors (Lipinski definition) is 3. The summed E-state index contributed by atoms with van der Waals surface area (Å²) in [6.45, 7) is 1.58. The highest BCUT2D eigenvalue weighted by Gasteiger charge is 2.25. The molecule has 0 bridgehead atoms. The van der Waals surface area contributed by atoms with Crippen LogP contribution in [-0.2, 0) is 9.53 Å². The molecule has 0 aliphatic carbocycles. The summed E-state index contributed by atoms with van der Waals surface area (Å²) >= 11 is 0. The molecule has 1 N–H and O–H groups in total. The molecule has 3 rings (SSSR count). The third-order valence-electron chi connectivity index (χ3n) is 4.59. The molecule has 1 unspecified atom stereocenters. The van der Waals surface area contributed by atoms with E-state index in [9.17, 15) is 9.18 Å². The Kier molecular flexibility index (Phi) is 5.66. The van der Waals surface area contributed by atoms with Crippen molar-refractivity contribution in [1.82, 2.24) is 5.32 Å². The van der Waals surface area contributed by atoms with Crippen LogP contribution in [0.1, 0.15) is 24.5 Å². The van der Waals surface area contributed by atoms with Crippen LogP contribution in [0, 0.1) is 5.82 Å². The summed E-state index contributed by atoms with van der Waals surface area (Å²) in [5.74, 6) is -0.336. The van der Waals surface area contributed by atoms with Gasteiger partial charge in [0, 0.05) is 31.9 Å². The van der Waals surface area contributed by atoms with E-state index in [0.29, 0.717) is 0 Å². The van der Waals surface area contributed by atoms with Gasteiger partial charge in [-0.1, -0.05) is 36.4 Å². The molecule has 1 fully saturated rings. The topological polar surface area (TPSA) is 41.6 Å². The molecule has 1 atom stereocenters. The average Bonchev–Trinajstić information content (AvgIpc) is 2.64. The third kappa shape index (κ3) is 4.37. The molecular weight excluding hydrogens is 319 g/mol. The summed E-state index contributed by atoms with van der Waals surface area (Å²) in [4.78, 5) is 14.7. The maximum atomic E-state index is 13.4. The van der Waals surface area contributed by atoms with Gasteiger partial charge in [-0.15, -0.1) is 0 Å². The van der Waals surface area contributed by atoms with Crippen molar-refractivity contribution in [1.29, 1.82) is 0 Å². The van der Waals surface area contributed by atoms with Crippen molar-refractivity contribution in [2.75, 3.05) is 25.1 Å². The molecule has 1 saturated heterocycles.